The number of anilines is 1. The monoisotopic (exact) mass is 201 g/mol. The Kier molecular flexibility index (Phi) is 1.93. The van der Waals surface area contributed by atoms with Crippen molar-refractivity contribution in [3.8, 4) is 0 Å². The number of hydrogen-bond donors (Lipinski definition) is 1. The van der Waals surface area contributed by atoms with E-state index in [0.717, 1.165) is 22.2 Å². The van der Waals surface area contributed by atoms with Gasteiger partial charge in [-0.05, 0) is 31.0 Å². The van der Waals surface area contributed by atoms with Gasteiger partial charge in [0.1, 0.15) is 0 Å². The lowest BCUT2D eigenvalue weighted by Crippen LogP contribution is -2.08. The third kappa shape index (κ3) is 1.27. The molecular formula is C9H9Cl2N. The van der Waals surface area contributed by atoms with Gasteiger partial charge in [-0.15, -0.1) is 0 Å². The van der Waals surface area contributed by atoms with Crippen LogP contribution in [0, 0.1) is 0 Å². The molecular weight excluding hydrogens is 193 g/mol. The van der Waals surface area contributed by atoms with Crippen molar-refractivity contribution in [2.75, 3.05) is 5.32 Å². The predicted molar refractivity (Wildman–Crippen MR) is 53.3 cm³/mol. The summed E-state index contributed by atoms with van der Waals surface area (Å²) < 4.78 is 0. The van der Waals surface area contributed by atoms with E-state index in [1.54, 1.807) is 6.07 Å². The second-order valence-electron chi connectivity index (χ2n) is 3.17. The number of halogens is 2. The molecule has 0 aliphatic carbocycles. The van der Waals surface area contributed by atoms with Gasteiger partial charge in [0.15, 0.2) is 0 Å². The van der Waals surface area contributed by atoms with Crippen molar-refractivity contribution in [1.82, 2.24) is 0 Å². The summed E-state index contributed by atoms with van der Waals surface area (Å²) in [5.74, 6) is 0. The zero-order chi connectivity index (χ0) is 8.72. The van der Waals surface area contributed by atoms with E-state index in [1.165, 1.54) is 5.56 Å². The van der Waals surface area contributed by atoms with Crippen molar-refractivity contribution in [2.45, 2.75) is 19.4 Å². The molecule has 1 atom stereocenters. The van der Waals surface area contributed by atoms with Crippen LogP contribution in [-0.2, 0) is 6.42 Å². The van der Waals surface area contributed by atoms with Crippen LogP contribution in [0.2, 0.25) is 10.0 Å². The SMILES string of the molecule is CC1Cc2cc(Cl)cc(Cl)c2N1. The Bertz CT molecular complexity index is 323. The third-order valence-corrected chi connectivity index (χ3v) is 2.57. The molecule has 1 aromatic rings. The number of rotatable bonds is 0. The lowest BCUT2D eigenvalue weighted by Gasteiger charge is -2.04. The normalized spacial score (nSPS) is 20.4. The Morgan fingerprint density at radius 1 is 1.42 bits per heavy atom. The fourth-order valence-corrected chi connectivity index (χ4v) is 2.17. The van der Waals surface area contributed by atoms with Gasteiger partial charge in [-0.25, -0.2) is 0 Å². The van der Waals surface area contributed by atoms with Crippen LogP contribution in [0.4, 0.5) is 5.69 Å². The molecule has 1 heterocycles. The van der Waals surface area contributed by atoms with Crippen molar-refractivity contribution >= 4 is 28.9 Å². The first-order chi connectivity index (χ1) is 5.66. The van der Waals surface area contributed by atoms with Gasteiger partial charge in [0.2, 0.25) is 0 Å². The fraction of sp³-hybridized carbons (Fsp3) is 0.333. The standard InChI is InChI=1S/C9H9Cl2N/c1-5-2-6-3-7(10)4-8(11)9(6)12-5/h3-5,12H,2H2,1H3. The van der Waals surface area contributed by atoms with Crippen molar-refractivity contribution in [1.29, 1.82) is 0 Å². The Balaban J connectivity index is 2.52. The zero-order valence-corrected chi connectivity index (χ0v) is 8.21. The molecule has 0 saturated heterocycles. The van der Waals surface area contributed by atoms with Crippen molar-refractivity contribution in [3.05, 3.63) is 27.7 Å². The van der Waals surface area contributed by atoms with E-state index in [9.17, 15) is 0 Å². The van der Waals surface area contributed by atoms with Crippen molar-refractivity contribution in [3.63, 3.8) is 0 Å². The first kappa shape index (κ1) is 8.21. The average molecular weight is 202 g/mol. The van der Waals surface area contributed by atoms with Crippen molar-refractivity contribution in [2.24, 2.45) is 0 Å². The van der Waals surface area contributed by atoms with Crippen LogP contribution < -0.4 is 5.32 Å². The summed E-state index contributed by atoms with van der Waals surface area (Å²) in [4.78, 5) is 0. The molecule has 0 bridgehead atoms. The highest BCUT2D eigenvalue weighted by Gasteiger charge is 2.19. The summed E-state index contributed by atoms with van der Waals surface area (Å²) in [7, 11) is 0. The molecule has 1 N–H and O–H groups in total. The highest BCUT2D eigenvalue weighted by atomic mass is 35.5. The summed E-state index contributed by atoms with van der Waals surface area (Å²) in [6.45, 7) is 2.13. The lowest BCUT2D eigenvalue weighted by atomic mass is 10.1. The van der Waals surface area contributed by atoms with Crippen molar-refractivity contribution < 1.29 is 0 Å². The average Bonchev–Trinajstić information content (AvgIpc) is 2.29. The molecule has 2 rings (SSSR count). The third-order valence-electron chi connectivity index (χ3n) is 2.05. The number of benzene rings is 1. The number of nitrogens with one attached hydrogen (secondary N) is 1. The minimum atomic E-state index is 0.468. The maximum Gasteiger partial charge on any atom is 0.0655 e. The Morgan fingerprint density at radius 3 is 2.92 bits per heavy atom. The largest absolute Gasteiger partial charge is 0.381 e. The molecule has 0 saturated carbocycles. The van der Waals surface area contributed by atoms with E-state index in [2.05, 4.69) is 12.2 Å². The van der Waals surface area contributed by atoms with E-state index >= 15 is 0 Å². The molecule has 0 fully saturated rings. The minimum Gasteiger partial charge on any atom is -0.381 e. The molecule has 0 aromatic heterocycles. The van der Waals surface area contributed by atoms with Gasteiger partial charge in [-0.3, -0.25) is 0 Å². The van der Waals surface area contributed by atoms with Gasteiger partial charge in [-0.2, -0.15) is 0 Å². The van der Waals surface area contributed by atoms with Crippen LogP contribution in [0.1, 0.15) is 12.5 Å². The molecule has 1 aliphatic rings. The van der Waals surface area contributed by atoms with Gasteiger partial charge in [-0.1, -0.05) is 23.2 Å². The van der Waals surface area contributed by atoms with Crippen LogP contribution in [0.3, 0.4) is 0 Å². The summed E-state index contributed by atoms with van der Waals surface area (Å²) in [5.41, 5.74) is 2.27. The van der Waals surface area contributed by atoms with E-state index in [-0.39, 0.29) is 0 Å². The quantitative estimate of drug-likeness (QED) is 0.680. The van der Waals surface area contributed by atoms with Crippen LogP contribution >= 0.6 is 23.2 Å². The Morgan fingerprint density at radius 2 is 2.17 bits per heavy atom. The molecule has 12 heavy (non-hydrogen) atoms. The van der Waals surface area contributed by atoms with Crippen LogP contribution in [0.15, 0.2) is 12.1 Å². The summed E-state index contributed by atoms with van der Waals surface area (Å²) in [6.07, 6.45) is 1.01. The minimum absolute atomic E-state index is 0.468. The van der Waals surface area contributed by atoms with E-state index < -0.39 is 0 Å². The molecule has 1 aliphatic heterocycles. The topological polar surface area (TPSA) is 12.0 Å². The second-order valence-corrected chi connectivity index (χ2v) is 4.01. The van der Waals surface area contributed by atoms with Crippen LogP contribution in [0.5, 0.6) is 0 Å². The van der Waals surface area contributed by atoms with E-state index in [0.29, 0.717) is 6.04 Å². The molecule has 3 heteroatoms. The van der Waals surface area contributed by atoms with Crippen LogP contribution in [0.25, 0.3) is 0 Å². The highest BCUT2D eigenvalue weighted by Crippen LogP contribution is 2.35. The molecule has 0 amide bonds. The van der Waals surface area contributed by atoms with Gasteiger partial charge in [0.05, 0.1) is 10.7 Å². The first-order valence-electron chi connectivity index (χ1n) is 3.91. The summed E-state index contributed by atoms with van der Waals surface area (Å²) in [6, 6.07) is 4.21. The maximum absolute atomic E-state index is 5.99. The molecule has 64 valence electrons. The number of fused-ring (bicyclic) bond motifs is 1. The molecule has 1 unspecified atom stereocenters. The Hall–Kier alpha value is -0.400. The molecule has 1 aromatic carbocycles. The van der Waals surface area contributed by atoms with Gasteiger partial charge >= 0.3 is 0 Å². The maximum atomic E-state index is 5.99. The molecule has 0 radical (unpaired) electrons. The first-order valence-corrected chi connectivity index (χ1v) is 4.67. The lowest BCUT2D eigenvalue weighted by molar-refractivity contribution is 0.839. The van der Waals surface area contributed by atoms with E-state index in [1.807, 2.05) is 6.07 Å². The highest BCUT2D eigenvalue weighted by molar-refractivity contribution is 6.36. The summed E-state index contributed by atoms with van der Waals surface area (Å²) in [5, 5.41) is 4.74. The molecule has 1 nitrogen and oxygen atoms in total. The van der Waals surface area contributed by atoms with Gasteiger partial charge in [0, 0.05) is 11.1 Å². The van der Waals surface area contributed by atoms with E-state index in [4.69, 9.17) is 23.2 Å². The zero-order valence-electron chi connectivity index (χ0n) is 6.70. The predicted octanol–water partition coefficient (Wildman–Crippen LogP) is 3.35. The van der Waals surface area contributed by atoms with Crippen LogP contribution in [-0.4, -0.2) is 6.04 Å². The van der Waals surface area contributed by atoms with Gasteiger partial charge < -0.3 is 5.32 Å². The van der Waals surface area contributed by atoms with Gasteiger partial charge in [0.25, 0.3) is 0 Å². The Labute approximate surface area is 81.7 Å². The second kappa shape index (κ2) is 2.82. The smallest absolute Gasteiger partial charge is 0.0655 e. The fourth-order valence-electron chi connectivity index (χ4n) is 1.58. The summed E-state index contributed by atoms with van der Waals surface area (Å²) >= 11 is 11.9. The number of hydrogen-bond acceptors (Lipinski definition) is 1. The molecule has 0 spiro atoms.